The predicted octanol–water partition coefficient (Wildman–Crippen LogP) is 10.6. The largest absolute Gasteiger partial charge is 0.507 e. The lowest BCUT2D eigenvalue weighted by Gasteiger charge is -2.25. The maximum Gasteiger partial charge on any atom is 0.122 e. The van der Waals surface area contributed by atoms with Crippen molar-refractivity contribution in [3.05, 3.63) is 57.6 Å². The number of aromatic hydroxyl groups is 2. The van der Waals surface area contributed by atoms with E-state index in [9.17, 15) is 10.2 Å². The van der Waals surface area contributed by atoms with E-state index < -0.39 is 0 Å². The third-order valence-electron chi connectivity index (χ3n) is 9.29. The van der Waals surface area contributed by atoms with Crippen LogP contribution in [0.15, 0.2) is 24.3 Å². The molecule has 0 radical (unpaired) electrons. The predicted molar refractivity (Wildman–Crippen MR) is 157 cm³/mol. The van der Waals surface area contributed by atoms with Crippen molar-refractivity contribution in [2.24, 2.45) is 0 Å². The van der Waals surface area contributed by atoms with Crippen molar-refractivity contribution in [3.63, 3.8) is 0 Å². The summed E-state index contributed by atoms with van der Waals surface area (Å²) in [4.78, 5) is 0. The van der Waals surface area contributed by atoms with Crippen molar-refractivity contribution in [2.45, 2.75) is 148 Å². The molecule has 2 aromatic carbocycles. The first kappa shape index (κ1) is 28.1. The van der Waals surface area contributed by atoms with Crippen LogP contribution < -0.4 is 0 Å². The summed E-state index contributed by atoms with van der Waals surface area (Å²) < 4.78 is 0. The summed E-state index contributed by atoms with van der Waals surface area (Å²) in [5, 5.41) is 23.3. The minimum atomic E-state index is 0.410. The molecule has 0 heterocycles. The smallest absolute Gasteiger partial charge is 0.122 e. The molecule has 4 rings (SSSR count). The lowest BCUT2D eigenvalue weighted by Crippen LogP contribution is -2.08. The molecule has 0 unspecified atom stereocenters. The average molecular weight is 505 g/mol. The number of rotatable bonds is 6. The molecule has 2 aromatic rings. The van der Waals surface area contributed by atoms with Gasteiger partial charge in [0.1, 0.15) is 11.5 Å². The molecule has 0 aliphatic heterocycles. The Labute approximate surface area is 226 Å². The molecule has 2 N–H and O–H groups in total. The maximum atomic E-state index is 11.6. The first-order valence-corrected chi connectivity index (χ1v) is 15.6. The fourth-order valence-electron chi connectivity index (χ4n) is 6.79. The first-order valence-electron chi connectivity index (χ1n) is 15.6. The highest BCUT2D eigenvalue weighted by molar-refractivity contribution is 5.53. The summed E-state index contributed by atoms with van der Waals surface area (Å²) in [6, 6.07) is 9.01. The molecular weight excluding hydrogens is 452 g/mol. The molecule has 2 saturated carbocycles. The Hall–Kier alpha value is -1.96. The Morgan fingerprint density at radius 1 is 0.541 bits per heavy atom. The van der Waals surface area contributed by atoms with E-state index >= 15 is 0 Å². The zero-order chi connectivity index (χ0) is 26.4. The van der Waals surface area contributed by atoms with Crippen molar-refractivity contribution in [1.82, 2.24) is 0 Å². The number of phenols is 2. The Balaban J connectivity index is 1.73. The van der Waals surface area contributed by atoms with E-state index in [0.717, 1.165) is 22.3 Å². The van der Waals surface area contributed by atoms with Gasteiger partial charge in [0.2, 0.25) is 0 Å². The summed E-state index contributed by atoms with van der Waals surface area (Å²) in [6.45, 7) is 9.01. The Morgan fingerprint density at radius 3 is 1.19 bits per heavy atom. The lowest BCUT2D eigenvalue weighted by molar-refractivity contribution is 0.417. The summed E-state index contributed by atoms with van der Waals surface area (Å²) in [6.07, 6.45) is 18.3. The van der Waals surface area contributed by atoms with Crippen molar-refractivity contribution >= 4 is 0 Å². The van der Waals surface area contributed by atoms with Crippen molar-refractivity contribution < 1.29 is 10.2 Å². The fourth-order valence-corrected chi connectivity index (χ4v) is 6.79. The molecule has 2 fully saturated rings. The van der Waals surface area contributed by atoms with E-state index in [1.165, 1.54) is 101 Å². The van der Waals surface area contributed by atoms with Crippen LogP contribution in [0.25, 0.3) is 0 Å². The van der Waals surface area contributed by atoms with Crippen LogP contribution in [0.5, 0.6) is 11.5 Å². The highest BCUT2D eigenvalue weighted by Gasteiger charge is 2.24. The third-order valence-corrected chi connectivity index (χ3v) is 9.29. The molecule has 2 heteroatoms. The second-order valence-corrected chi connectivity index (χ2v) is 12.8. The van der Waals surface area contributed by atoms with Crippen LogP contribution in [0, 0.1) is 0 Å². The third kappa shape index (κ3) is 7.12. The van der Waals surface area contributed by atoms with E-state index in [1.54, 1.807) is 0 Å². The Bertz CT molecular complexity index is 921. The van der Waals surface area contributed by atoms with Gasteiger partial charge in [0.25, 0.3) is 0 Å². The molecule has 2 aliphatic carbocycles. The van der Waals surface area contributed by atoms with Gasteiger partial charge in [-0.25, -0.2) is 0 Å². The summed E-state index contributed by atoms with van der Waals surface area (Å²) >= 11 is 0. The van der Waals surface area contributed by atoms with Gasteiger partial charge >= 0.3 is 0 Å². The topological polar surface area (TPSA) is 40.5 Å². The van der Waals surface area contributed by atoms with Crippen LogP contribution in [-0.2, 0) is 6.42 Å². The molecule has 0 saturated heterocycles. The summed E-state index contributed by atoms with van der Waals surface area (Å²) in [5.74, 6) is 2.67. The van der Waals surface area contributed by atoms with Crippen molar-refractivity contribution in [3.8, 4) is 11.5 Å². The van der Waals surface area contributed by atoms with E-state index in [4.69, 9.17) is 0 Å². The fraction of sp³-hybridized carbons (Fsp3) is 0.657. The first-order chi connectivity index (χ1) is 17.8. The van der Waals surface area contributed by atoms with Crippen LogP contribution in [0.2, 0.25) is 0 Å². The number of benzene rings is 2. The summed E-state index contributed by atoms with van der Waals surface area (Å²) in [5.41, 5.74) is 6.91. The molecule has 2 nitrogen and oxygen atoms in total. The number of hydrogen-bond acceptors (Lipinski definition) is 2. The SMILES string of the molecule is CC(C)c1cc(Cc2cc(C(C)C)cc(C3CCCCCCC3)c2O)c(O)c(C2CCCCCCC2)c1. The molecule has 0 atom stereocenters. The number of hydrogen-bond donors (Lipinski definition) is 2. The van der Waals surface area contributed by atoms with Crippen LogP contribution in [0.1, 0.15) is 175 Å². The standard InChI is InChI=1S/C35H52O2/c1-24(2)28-19-30(34(36)32(22-28)26-15-11-7-5-8-12-16-26)21-31-20-29(25(3)4)23-33(35(31)37)27-17-13-9-6-10-14-18-27/h19-20,22-27,36-37H,5-18,21H2,1-4H3. The highest BCUT2D eigenvalue weighted by atomic mass is 16.3. The number of phenolic OH excluding ortho intramolecular Hbond substituents is 2. The summed E-state index contributed by atoms with van der Waals surface area (Å²) in [7, 11) is 0. The minimum Gasteiger partial charge on any atom is -0.507 e. The second-order valence-electron chi connectivity index (χ2n) is 12.8. The van der Waals surface area contributed by atoms with Gasteiger partial charge in [-0.2, -0.15) is 0 Å². The van der Waals surface area contributed by atoms with Gasteiger partial charge in [-0.05, 0) is 82.7 Å². The van der Waals surface area contributed by atoms with Crippen molar-refractivity contribution in [1.29, 1.82) is 0 Å². The van der Waals surface area contributed by atoms with Crippen LogP contribution in [-0.4, -0.2) is 10.2 Å². The zero-order valence-corrected chi connectivity index (χ0v) is 24.1. The normalized spacial score (nSPS) is 19.0. The van der Waals surface area contributed by atoms with Gasteiger partial charge < -0.3 is 10.2 Å². The van der Waals surface area contributed by atoms with Crippen LogP contribution >= 0.6 is 0 Å². The molecule has 204 valence electrons. The lowest BCUT2D eigenvalue weighted by atomic mass is 9.81. The molecule has 2 aliphatic rings. The molecule has 0 spiro atoms. The van der Waals surface area contributed by atoms with Gasteiger partial charge in [0.05, 0.1) is 0 Å². The molecule has 0 amide bonds. The van der Waals surface area contributed by atoms with Crippen molar-refractivity contribution in [2.75, 3.05) is 0 Å². The van der Waals surface area contributed by atoms with Gasteiger partial charge in [0.15, 0.2) is 0 Å². The quantitative estimate of drug-likeness (QED) is 0.411. The van der Waals surface area contributed by atoms with Gasteiger partial charge in [0, 0.05) is 6.42 Å². The van der Waals surface area contributed by atoms with Gasteiger partial charge in [-0.1, -0.05) is 116 Å². The van der Waals surface area contributed by atoms with Crippen LogP contribution in [0.3, 0.4) is 0 Å². The highest BCUT2D eigenvalue weighted by Crippen LogP contribution is 2.43. The van der Waals surface area contributed by atoms with E-state index in [0.29, 0.717) is 41.6 Å². The van der Waals surface area contributed by atoms with Gasteiger partial charge in [-0.15, -0.1) is 0 Å². The monoisotopic (exact) mass is 504 g/mol. The second kappa shape index (κ2) is 13.2. The maximum absolute atomic E-state index is 11.6. The van der Waals surface area contributed by atoms with E-state index in [-0.39, 0.29) is 0 Å². The van der Waals surface area contributed by atoms with Crippen LogP contribution in [0.4, 0.5) is 0 Å². The van der Waals surface area contributed by atoms with Gasteiger partial charge in [-0.3, -0.25) is 0 Å². The average Bonchev–Trinajstić information content (AvgIpc) is 2.81. The Kier molecular flexibility index (Phi) is 10.0. The molecule has 37 heavy (non-hydrogen) atoms. The molecular formula is C35H52O2. The Morgan fingerprint density at radius 2 is 0.865 bits per heavy atom. The zero-order valence-electron chi connectivity index (χ0n) is 24.1. The van der Waals surface area contributed by atoms with E-state index in [2.05, 4.69) is 52.0 Å². The minimum absolute atomic E-state index is 0.410. The molecule has 0 bridgehead atoms. The molecule has 0 aromatic heterocycles. The van der Waals surface area contributed by atoms with E-state index in [1.807, 2.05) is 0 Å².